The second-order valence-electron chi connectivity index (χ2n) is 7.30. The molecule has 1 heterocycles. The van der Waals surface area contributed by atoms with E-state index in [1.807, 2.05) is 71.0 Å². The first-order valence-electron chi connectivity index (χ1n) is 9.88. The van der Waals surface area contributed by atoms with Gasteiger partial charge in [-0.05, 0) is 36.8 Å². The minimum absolute atomic E-state index is 0.0360. The zero-order valence-electron chi connectivity index (χ0n) is 17.8. The normalized spacial score (nSPS) is 11.4. The zero-order chi connectivity index (χ0) is 23.1. The van der Waals surface area contributed by atoms with Crippen molar-refractivity contribution in [3.63, 3.8) is 0 Å². The number of hydrogen-bond acceptors (Lipinski definition) is 5. The van der Waals surface area contributed by atoms with Gasteiger partial charge in [0.05, 0.1) is 11.9 Å². The average Bonchev–Trinajstić information content (AvgIpc) is 3.20. The van der Waals surface area contributed by atoms with E-state index in [-0.39, 0.29) is 5.78 Å². The van der Waals surface area contributed by atoms with E-state index >= 15 is 0 Å². The summed E-state index contributed by atoms with van der Waals surface area (Å²) in [7, 11) is -3.62. The van der Waals surface area contributed by atoms with Crippen molar-refractivity contribution in [2.45, 2.75) is 13.5 Å². The van der Waals surface area contributed by atoms with Crippen LogP contribution < -0.4 is 9.46 Å². The molecule has 0 saturated carbocycles. The number of nitrogens with zero attached hydrogens (tertiary/aromatic N) is 1. The van der Waals surface area contributed by atoms with Gasteiger partial charge < -0.3 is 9.30 Å². The Morgan fingerprint density at radius 1 is 1.06 bits per heavy atom. The fourth-order valence-electron chi connectivity index (χ4n) is 3.03. The smallest absolute Gasteiger partial charge is 0.271 e. The molecule has 32 heavy (non-hydrogen) atoms. The van der Waals surface area contributed by atoms with Gasteiger partial charge in [-0.3, -0.25) is 14.3 Å². The molecule has 0 aliphatic rings. The highest BCUT2D eigenvalue weighted by molar-refractivity contribution is 7.89. The number of amides is 1. The molecule has 8 heteroatoms. The molecule has 0 aliphatic carbocycles. The number of aryl methyl sites for hydroxylation is 1. The van der Waals surface area contributed by atoms with E-state index in [0.29, 0.717) is 23.6 Å². The molecule has 0 saturated heterocycles. The maximum absolute atomic E-state index is 12.8. The van der Waals surface area contributed by atoms with Gasteiger partial charge in [0.1, 0.15) is 5.75 Å². The van der Waals surface area contributed by atoms with Crippen LogP contribution in [0.2, 0.25) is 0 Å². The number of carbonyl (C=O) groups is 2. The zero-order valence-corrected chi connectivity index (χ0v) is 18.6. The van der Waals surface area contributed by atoms with Crippen LogP contribution in [0.1, 0.15) is 27.2 Å². The van der Waals surface area contributed by atoms with Gasteiger partial charge in [-0.2, -0.15) is 0 Å². The van der Waals surface area contributed by atoms with E-state index in [1.54, 1.807) is 24.3 Å². The van der Waals surface area contributed by atoms with Gasteiger partial charge in [0.2, 0.25) is 15.8 Å². The monoisotopic (exact) mass is 452 g/mol. The summed E-state index contributed by atoms with van der Waals surface area (Å²) in [5.74, 6) is -0.343. The molecular weight excluding hydrogens is 428 g/mol. The van der Waals surface area contributed by atoms with Gasteiger partial charge in [0.25, 0.3) is 5.91 Å². The Bertz CT molecular complexity index is 1240. The molecule has 0 atom stereocenters. The van der Waals surface area contributed by atoms with Crippen molar-refractivity contribution in [1.82, 2.24) is 9.29 Å². The number of ether oxygens (including phenoxy) is 1. The van der Waals surface area contributed by atoms with Crippen LogP contribution in [0, 0.1) is 6.92 Å². The molecule has 166 valence electrons. The van der Waals surface area contributed by atoms with Gasteiger partial charge in [0, 0.05) is 18.3 Å². The summed E-state index contributed by atoms with van der Waals surface area (Å²) in [6, 6.07) is 18.2. The lowest BCUT2D eigenvalue weighted by atomic mass is 10.1. The first kappa shape index (κ1) is 23.0. The lowest BCUT2D eigenvalue weighted by molar-refractivity contribution is -0.121. The fourth-order valence-corrected chi connectivity index (χ4v) is 3.50. The highest BCUT2D eigenvalue weighted by Crippen LogP contribution is 2.16. The number of ketones is 1. The summed E-state index contributed by atoms with van der Waals surface area (Å²) < 4.78 is 31.2. The van der Waals surface area contributed by atoms with Crippen LogP contribution in [-0.4, -0.2) is 37.5 Å². The predicted molar refractivity (Wildman–Crippen MR) is 123 cm³/mol. The molecule has 0 aliphatic heterocycles. The predicted octanol–water partition coefficient (Wildman–Crippen LogP) is 3.20. The Hall–Kier alpha value is -3.65. The van der Waals surface area contributed by atoms with Crippen LogP contribution in [-0.2, 0) is 21.4 Å². The van der Waals surface area contributed by atoms with Gasteiger partial charge in [-0.1, -0.05) is 54.1 Å². The Kier molecular flexibility index (Phi) is 7.27. The SMILES string of the molecule is Cc1ccc(C(=O)c2cccn2CC=Cc2cccc(OCC(=O)NS(C)(=O)=O)c2)cc1. The van der Waals surface area contributed by atoms with Crippen molar-refractivity contribution in [2.24, 2.45) is 0 Å². The van der Waals surface area contributed by atoms with Gasteiger partial charge in [-0.15, -0.1) is 0 Å². The maximum Gasteiger partial charge on any atom is 0.271 e. The van der Waals surface area contributed by atoms with Crippen LogP contribution in [0.5, 0.6) is 5.75 Å². The number of allylic oxidation sites excluding steroid dienone is 1. The van der Waals surface area contributed by atoms with Gasteiger partial charge in [0.15, 0.2) is 6.61 Å². The van der Waals surface area contributed by atoms with Crippen molar-refractivity contribution in [3.8, 4) is 5.75 Å². The van der Waals surface area contributed by atoms with Crippen LogP contribution in [0.25, 0.3) is 6.08 Å². The first-order chi connectivity index (χ1) is 15.2. The second-order valence-corrected chi connectivity index (χ2v) is 9.05. The Labute approximate surface area is 187 Å². The summed E-state index contributed by atoms with van der Waals surface area (Å²) >= 11 is 0. The van der Waals surface area contributed by atoms with Gasteiger partial charge in [-0.25, -0.2) is 8.42 Å². The standard InChI is InChI=1S/C24H24N2O5S/c1-18-10-12-20(13-11-18)24(28)22-9-5-15-26(22)14-4-7-19-6-3-8-21(16-19)31-17-23(27)25-32(2,29)30/h3-13,15-16H,14,17H2,1-2H3,(H,25,27). The minimum atomic E-state index is -3.62. The molecule has 3 rings (SSSR count). The molecule has 0 spiro atoms. The Morgan fingerprint density at radius 2 is 1.81 bits per heavy atom. The molecular formula is C24H24N2O5S. The number of sulfonamides is 1. The van der Waals surface area contributed by atoms with Gasteiger partial charge >= 0.3 is 0 Å². The third kappa shape index (κ3) is 6.68. The Morgan fingerprint density at radius 3 is 2.53 bits per heavy atom. The molecule has 0 unspecified atom stereocenters. The Balaban J connectivity index is 1.62. The van der Waals surface area contributed by atoms with Crippen molar-refractivity contribution >= 4 is 27.8 Å². The van der Waals surface area contributed by atoms with Crippen LogP contribution in [0.15, 0.2) is 72.9 Å². The quantitative estimate of drug-likeness (QED) is 0.503. The molecule has 2 aromatic carbocycles. The second kappa shape index (κ2) is 10.1. The van der Waals surface area contributed by atoms with Crippen LogP contribution in [0.4, 0.5) is 0 Å². The molecule has 1 amide bonds. The summed E-state index contributed by atoms with van der Waals surface area (Å²) in [4.78, 5) is 24.4. The maximum atomic E-state index is 12.8. The molecule has 7 nitrogen and oxygen atoms in total. The molecule has 3 aromatic rings. The van der Waals surface area contributed by atoms with E-state index in [0.717, 1.165) is 17.4 Å². The first-order valence-corrected chi connectivity index (χ1v) is 11.8. The topological polar surface area (TPSA) is 94.5 Å². The summed E-state index contributed by atoms with van der Waals surface area (Å²) in [6.45, 7) is 2.07. The van der Waals surface area contributed by atoms with Crippen LogP contribution in [0.3, 0.4) is 0 Å². The van der Waals surface area contributed by atoms with E-state index < -0.39 is 22.5 Å². The van der Waals surface area contributed by atoms with Crippen molar-refractivity contribution in [1.29, 1.82) is 0 Å². The highest BCUT2D eigenvalue weighted by Gasteiger charge is 2.12. The summed E-state index contributed by atoms with van der Waals surface area (Å²) in [5.41, 5.74) is 3.18. The fraction of sp³-hybridized carbons (Fsp3) is 0.167. The van der Waals surface area contributed by atoms with E-state index in [4.69, 9.17) is 4.74 Å². The average molecular weight is 453 g/mol. The number of nitrogens with one attached hydrogen (secondary N) is 1. The molecule has 0 fully saturated rings. The molecule has 1 N–H and O–H groups in total. The van der Waals surface area contributed by atoms with Crippen molar-refractivity contribution in [3.05, 3.63) is 95.3 Å². The lowest BCUT2D eigenvalue weighted by Gasteiger charge is -2.07. The summed E-state index contributed by atoms with van der Waals surface area (Å²) in [6.07, 6.45) is 6.55. The molecule has 1 aromatic heterocycles. The highest BCUT2D eigenvalue weighted by atomic mass is 32.2. The van der Waals surface area contributed by atoms with Crippen molar-refractivity contribution < 1.29 is 22.7 Å². The third-order valence-corrected chi connectivity index (χ3v) is 5.11. The number of carbonyl (C=O) groups excluding carboxylic acids is 2. The number of hydrogen-bond donors (Lipinski definition) is 1. The molecule has 0 radical (unpaired) electrons. The number of benzene rings is 2. The molecule has 0 bridgehead atoms. The van der Waals surface area contributed by atoms with Crippen LogP contribution >= 0.6 is 0 Å². The van der Waals surface area contributed by atoms with E-state index in [9.17, 15) is 18.0 Å². The van der Waals surface area contributed by atoms with Crippen molar-refractivity contribution in [2.75, 3.05) is 12.9 Å². The lowest BCUT2D eigenvalue weighted by Crippen LogP contribution is -2.33. The third-order valence-electron chi connectivity index (χ3n) is 4.52. The largest absolute Gasteiger partial charge is 0.484 e. The van der Waals surface area contributed by atoms with E-state index in [2.05, 4.69) is 0 Å². The number of aromatic nitrogens is 1. The minimum Gasteiger partial charge on any atom is -0.484 e. The van der Waals surface area contributed by atoms with E-state index in [1.165, 1.54) is 0 Å². The number of rotatable bonds is 9. The summed E-state index contributed by atoms with van der Waals surface area (Å²) in [5, 5.41) is 0.